The van der Waals surface area contributed by atoms with Crippen LogP contribution >= 0.6 is 0 Å². The molecular weight excluding hydrogens is 340 g/mol. The van der Waals surface area contributed by atoms with Crippen LogP contribution in [-0.2, 0) is 4.79 Å². The lowest BCUT2D eigenvalue weighted by Crippen LogP contribution is -2.56. The zero-order valence-corrected chi connectivity index (χ0v) is 16.9. The number of hydrogen-bond acceptors (Lipinski definition) is 4. The monoisotopic (exact) mass is 372 g/mol. The van der Waals surface area contributed by atoms with E-state index in [-0.39, 0.29) is 17.5 Å². The Morgan fingerprint density at radius 2 is 1.74 bits per heavy atom. The van der Waals surface area contributed by atoms with Crippen molar-refractivity contribution in [3.63, 3.8) is 0 Å². The minimum Gasteiger partial charge on any atom is -0.333 e. The van der Waals surface area contributed by atoms with Gasteiger partial charge in [0.2, 0.25) is 5.91 Å². The second-order valence-electron chi connectivity index (χ2n) is 8.02. The van der Waals surface area contributed by atoms with Gasteiger partial charge in [-0.25, -0.2) is 4.79 Å². The predicted molar refractivity (Wildman–Crippen MR) is 109 cm³/mol. The van der Waals surface area contributed by atoms with Crippen LogP contribution in [0.15, 0.2) is 36.4 Å². The molecule has 1 aliphatic heterocycles. The molecule has 1 aromatic carbocycles. The fraction of sp³-hybridized carbons (Fsp3) is 0.524. The molecule has 1 aromatic rings. The Morgan fingerprint density at radius 1 is 1.11 bits per heavy atom. The predicted octanol–water partition coefficient (Wildman–Crippen LogP) is 2.33. The number of rotatable bonds is 5. The Kier molecular flexibility index (Phi) is 7.56. The highest BCUT2D eigenvalue weighted by atomic mass is 16.2. The Hall–Kier alpha value is -2.18. The second-order valence-corrected chi connectivity index (χ2v) is 8.02. The number of nitrogens with zero attached hydrogens (tertiary/aromatic N) is 2. The number of piperazine rings is 1. The third-order valence-corrected chi connectivity index (χ3v) is 4.53. The number of carbonyl (C=O) groups is 2. The lowest BCUT2D eigenvalue weighted by molar-refractivity contribution is -0.125. The van der Waals surface area contributed by atoms with Crippen molar-refractivity contribution in [1.82, 2.24) is 20.4 Å². The van der Waals surface area contributed by atoms with Gasteiger partial charge in [-0.2, -0.15) is 0 Å². The van der Waals surface area contributed by atoms with E-state index in [1.807, 2.05) is 45.9 Å². The minimum atomic E-state index is -0.441. The van der Waals surface area contributed by atoms with Crippen molar-refractivity contribution >= 4 is 18.0 Å². The first-order valence-electron chi connectivity index (χ1n) is 9.55. The van der Waals surface area contributed by atoms with E-state index in [1.54, 1.807) is 0 Å². The van der Waals surface area contributed by atoms with Crippen LogP contribution in [0.1, 0.15) is 33.3 Å². The average Bonchev–Trinajstić information content (AvgIpc) is 2.61. The SMILES string of the molecule is C[C@H](C(=O)NC(=O)NC(C)(C)C)N1CCN(C/C=C/c2ccccc2)CC1. The van der Waals surface area contributed by atoms with E-state index in [2.05, 4.69) is 44.7 Å². The van der Waals surface area contributed by atoms with Gasteiger partial charge in [0.15, 0.2) is 0 Å². The van der Waals surface area contributed by atoms with Crippen LogP contribution in [0.5, 0.6) is 0 Å². The fourth-order valence-electron chi connectivity index (χ4n) is 2.99. The van der Waals surface area contributed by atoms with E-state index in [1.165, 1.54) is 5.56 Å². The summed E-state index contributed by atoms with van der Waals surface area (Å²) in [6, 6.07) is 9.50. The molecule has 6 heteroatoms. The summed E-state index contributed by atoms with van der Waals surface area (Å²) in [5.41, 5.74) is 0.835. The Bertz CT molecular complexity index is 644. The van der Waals surface area contributed by atoms with Gasteiger partial charge in [0.05, 0.1) is 6.04 Å². The highest BCUT2D eigenvalue weighted by molar-refractivity contribution is 5.97. The van der Waals surface area contributed by atoms with Crippen LogP contribution in [0, 0.1) is 0 Å². The smallest absolute Gasteiger partial charge is 0.321 e. The van der Waals surface area contributed by atoms with E-state index < -0.39 is 6.03 Å². The standard InChI is InChI=1S/C21H32N4O2/c1-17(19(26)22-20(27)23-21(2,3)4)25-15-13-24(14-16-25)12-8-11-18-9-6-5-7-10-18/h5-11,17H,12-16H2,1-4H3,(H2,22,23,26,27)/b11-8+/t17-/m1/s1. The molecule has 0 bridgehead atoms. The molecule has 3 amide bonds. The molecule has 6 nitrogen and oxygen atoms in total. The van der Waals surface area contributed by atoms with E-state index in [0.29, 0.717) is 0 Å². The average molecular weight is 373 g/mol. The first-order valence-corrected chi connectivity index (χ1v) is 9.55. The molecule has 2 N–H and O–H groups in total. The van der Waals surface area contributed by atoms with E-state index >= 15 is 0 Å². The molecule has 27 heavy (non-hydrogen) atoms. The van der Waals surface area contributed by atoms with Gasteiger partial charge in [-0.05, 0) is 33.3 Å². The molecule has 0 aliphatic carbocycles. The van der Waals surface area contributed by atoms with Crippen LogP contribution in [0.2, 0.25) is 0 Å². The van der Waals surface area contributed by atoms with Crippen LogP contribution in [0.25, 0.3) is 6.08 Å². The molecule has 1 aliphatic rings. The fourth-order valence-corrected chi connectivity index (χ4v) is 2.99. The van der Waals surface area contributed by atoms with Gasteiger partial charge in [0.1, 0.15) is 0 Å². The third kappa shape index (κ3) is 7.53. The molecule has 1 heterocycles. The first kappa shape index (κ1) is 21.1. The van der Waals surface area contributed by atoms with Crippen molar-refractivity contribution < 1.29 is 9.59 Å². The summed E-state index contributed by atoms with van der Waals surface area (Å²) in [5.74, 6) is -0.255. The van der Waals surface area contributed by atoms with E-state index in [4.69, 9.17) is 0 Å². The number of hydrogen-bond donors (Lipinski definition) is 2. The summed E-state index contributed by atoms with van der Waals surface area (Å²) in [4.78, 5) is 28.7. The van der Waals surface area contributed by atoms with Crippen molar-refractivity contribution in [3.05, 3.63) is 42.0 Å². The third-order valence-electron chi connectivity index (χ3n) is 4.53. The number of urea groups is 1. The van der Waals surface area contributed by atoms with Gasteiger partial charge in [0, 0.05) is 38.3 Å². The Morgan fingerprint density at radius 3 is 2.33 bits per heavy atom. The quantitative estimate of drug-likeness (QED) is 0.833. The summed E-state index contributed by atoms with van der Waals surface area (Å²) in [6.07, 6.45) is 4.31. The maximum absolute atomic E-state index is 12.3. The molecule has 0 saturated carbocycles. The van der Waals surface area contributed by atoms with Crippen molar-refractivity contribution in [2.24, 2.45) is 0 Å². The Balaban J connectivity index is 1.73. The highest BCUT2D eigenvalue weighted by Gasteiger charge is 2.26. The minimum absolute atomic E-state index is 0.255. The molecule has 1 fully saturated rings. The normalized spacial score (nSPS) is 17.6. The summed E-state index contributed by atoms with van der Waals surface area (Å²) in [5, 5.41) is 5.19. The zero-order chi connectivity index (χ0) is 19.9. The number of amides is 3. The summed E-state index contributed by atoms with van der Waals surface area (Å²) >= 11 is 0. The van der Waals surface area contributed by atoms with Gasteiger partial charge in [-0.15, -0.1) is 0 Å². The summed E-state index contributed by atoms with van der Waals surface area (Å²) < 4.78 is 0. The second kappa shape index (κ2) is 9.67. The maximum atomic E-state index is 12.3. The van der Waals surface area contributed by atoms with Gasteiger partial charge in [-0.3, -0.25) is 19.9 Å². The van der Waals surface area contributed by atoms with Crippen molar-refractivity contribution in [1.29, 1.82) is 0 Å². The van der Waals surface area contributed by atoms with Gasteiger partial charge < -0.3 is 5.32 Å². The molecule has 0 radical (unpaired) electrons. The molecule has 148 valence electrons. The zero-order valence-electron chi connectivity index (χ0n) is 16.9. The van der Waals surface area contributed by atoms with Gasteiger partial charge in [-0.1, -0.05) is 42.5 Å². The highest BCUT2D eigenvalue weighted by Crippen LogP contribution is 2.08. The number of nitrogens with one attached hydrogen (secondary N) is 2. The molecule has 0 aromatic heterocycles. The first-order chi connectivity index (χ1) is 12.7. The summed E-state index contributed by atoms with van der Waals surface area (Å²) in [6.45, 7) is 11.8. The molecular formula is C21H32N4O2. The lowest BCUT2D eigenvalue weighted by atomic mass is 10.1. The number of carbonyl (C=O) groups excluding carboxylic acids is 2. The molecule has 1 saturated heterocycles. The van der Waals surface area contributed by atoms with Crippen LogP contribution < -0.4 is 10.6 Å². The van der Waals surface area contributed by atoms with E-state index in [9.17, 15) is 9.59 Å². The van der Waals surface area contributed by atoms with Crippen molar-refractivity contribution in [2.45, 2.75) is 39.3 Å². The number of benzene rings is 1. The largest absolute Gasteiger partial charge is 0.333 e. The molecule has 0 spiro atoms. The van der Waals surface area contributed by atoms with E-state index in [0.717, 1.165) is 32.7 Å². The van der Waals surface area contributed by atoms with Crippen molar-refractivity contribution in [3.8, 4) is 0 Å². The van der Waals surface area contributed by atoms with Crippen molar-refractivity contribution in [2.75, 3.05) is 32.7 Å². The topological polar surface area (TPSA) is 64.7 Å². The summed E-state index contributed by atoms with van der Waals surface area (Å²) in [7, 11) is 0. The van der Waals surface area contributed by atoms with Crippen LogP contribution in [0.3, 0.4) is 0 Å². The molecule has 1 atom stereocenters. The number of imide groups is 1. The van der Waals surface area contributed by atoms with Gasteiger partial charge in [0.25, 0.3) is 0 Å². The van der Waals surface area contributed by atoms with Gasteiger partial charge >= 0.3 is 6.03 Å². The van der Waals surface area contributed by atoms with Crippen LogP contribution in [0.4, 0.5) is 4.79 Å². The maximum Gasteiger partial charge on any atom is 0.321 e. The lowest BCUT2D eigenvalue weighted by Gasteiger charge is -2.37. The molecule has 2 rings (SSSR count). The van der Waals surface area contributed by atoms with Crippen LogP contribution in [-0.4, -0.2) is 66.0 Å². The molecule has 0 unspecified atom stereocenters. The Labute approximate surface area is 162 Å².